The second-order valence-corrected chi connectivity index (χ2v) is 5.57. The average molecular weight is 193 g/mol. The van der Waals surface area contributed by atoms with Crippen LogP contribution in [-0.4, -0.2) is 23.3 Å². The maximum absolute atomic E-state index is 11.2. The van der Waals surface area contributed by atoms with E-state index in [0.717, 1.165) is 0 Å². The zero-order valence-electron chi connectivity index (χ0n) is 7.56. The first kappa shape index (κ1) is 11.5. The van der Waals surface area contributed by atoms with E-state index < -0.39 is 13.2 Å². The van der Waals surface area contributed by atoms with Crippen molar-refractivity contribution in [1.29, 1.82) is 0 Å². The number of aliphatic imine (C=N–C) groups is 1. The van der Waals surface area contributed by atoms with E-state index in [2.05, 4.69) is 4.99 Å². The van der Waals surface area contributed by atoms with Gasteiger partial charge in [-0.25, -0.2) is 4.99 Å². The number of nitrogens with zero attached hydrogens (tertiary/aromatic N) is 1. The SMILES string of the molecule is CC(C)C(N=C(N)N)P(C)(=O)O. The molecule has 0 saturated carbocycles. The standard InChI is InChI=1S/C6H16N3O2P/c1-4(2)5(9-6(7)8)12(3,10)11/h4-5H,1-3H3,(H,10,11)(H4,7,8,9). The summed E-state index contributed by atoms with van der Waals surface area (Å²) in [6.45, 7) is 4.84. The second-order valence-electron chi connectivity index (χ2n) is 3.15. The molecule has 72 valence electrons. The minimum absolute atomic E-state index is 0.0482. The van der Waals surface area contributed by atoms with Crippen LogP contribution in [0.1, 0.15) is 13.8 Å². The number of rotatable bonds is 3. The number of guanidine groups is 1. The maximum atomic E-state index is 11.2. The van der Waals surface area contributed by atoms with Gasteiger partial charge in [-0.05, 0) is 5.92 Å². The molecule has 0 fully saturated rings. The fraction of sp³-hybridized carbons (Fsp3) is 0.833. The van der Waals surface area contributed by atoms with Gasteiger partial charge in [0.05, 0.1) is 0 Å². The highest BCUT2D eigenvalue weighted by atomic mass is 31.2. The lowest BCUT2D eigenvalue weighted by molar-refractivity contribution is 0.447. The molecule has 0 spiro atoms. The molecule has 2 atom stereocenters. The molecule has 0 heterocycles. The topological polar surface area (TPSA) is 102 Å². The van der Waals surface area contributed by atoms with E-state index in [4.69, 9.17) is 11.5 Å². The van der Waals surface area contributed by atoms with Gasteiger partial charge >= 0.3 is 0 Å². The van der Waals surface area contributed by atoms with Crippen LogP contribution < -0.4 is 11.5 Å². The molecule has 0 bridgehead atoms. The lowest BCUT2D eigenvalue weighted by atomic mass is 10.2. The van der Waals surface area contributed by atoms with Crippen molar-refractivity contribution in [3.8, 4) is 0 Å². The predicted octanol–water partition coefficient (Wildman–Crippen LogP) is 0.142. The molecule has 0 aromatic carbocycles. The van der Waals surface area contributed by atoms with E-state index in [-0.39, 0.29) is 11.9 Å². The van der Waals surface area contributed by atoms with Crippen LogP contribution in [0.4, 0.5) is 0 Å². The van der Waals surface area contributed by atoms with Crippen LogP contribution in [0.3, 0.4) is 0 Å². The molecular formula is C6H16N3O2P. The molecular weight excluding hydrogens is 177 g/mol. The second kappa shape index (κ2) is 3.92. The van der Waals surface area contributed by atoms with E-state index in [9.17, 15) is 9.46 Å². The third-order valence-electron chi connectivity index (χ3n) is 1.37. The molecule has 0 aromatic heterocycles. The number of hydrogen-bond donors (Lipinski definition) is 3. The van der Waals surface area contributed by atoms with Gasteiger partial charge in [-0.15, -0.1) is 0 Å². The highest BCUT2D eigenvalue weighted by Gasteiger charge is 2.28. The first-order chi connectivity index (χ1) is 5.25. The lowest BCUT2D eigenvalue weighted by Gasteiger charge is -2.19. The Morgan fingerprint density at radius 3 is 2.00 bits per heavy atom. The van der Waals surface area contributed by atoms with Gasteiger partial charge in [0.15, 0.2) is 5.96 Å². The minimum Gasteiger partial charge on any atom is -0.370 e. The summed E-state index contributed by atoms with van der Waals surface area (Å²) in [5, 5.41) is 0. The van der Waals surface area contributed by atoms with E-state index in [0.29, 0.717) is 0 Å². The van der Waals surface area contributed by atoms with Crippen LogP contribution in [-0.2, 0) is 4.57 Å². The Morgan fingerprint density at radius 2 is 1.92 bits per heavy atom. The fourth-order valence-corrected chi connectivity index (χ4v) is 2.42. The molecule has 0 amide bonds. The van der Waals surface area contributed by atoms with E-state index >= 15 is 0 Å². The zero-order valence-corrected chi connectivity index (χ0v) is 8.45. The molecule has 0 aromatic rings. The first-order valence-electron chi connectivity index (χ1n) is 3.64. The number of hydrogen-bond acceptors (Lipinski definition) is 2. The third kappa shape index (κ3) is 3.74. The minimum atomic E-state index is -3.23. The fourth-order valence-electron chi connectivity index (χ4n) is 0.962. The highest BCUT2D eigenvalue weighted by molar-refractivity contribution is 7.57. The summed E-state index contributed by atoms with van der Waals surface area (Å²) in [6.07, 6.45) is 0. The van der Waals surface area contributed by atoms with Crippen LogP contribution in [0.15, 0.2) is 4.99 Å². The van der Waals surface area contributed by atoms with Gasteiger partial charge in [0, 0.05) is 6.66 Å². The summed E-state index contributed by atoms with van der Waals surface area (Å²) >= 11 is 0. The highest BCUT2D eigenvalue weighted by Crippen LogP contribution is 2.45. The Balaban J connectivity index is 4.70. The van der Waals surface area contributed by atoms with Crippen molar-refractivity contribution in [1.82, 2.24) is 0 Å². The predicted molar refractivity (Wildman–Crippen MR) is 50.2 cm³/mol. The monoisotopic (exact) mass is 193 g/mol. The van der Waals surface area contributed by atoms with Crippen molar-refractivity contribution in [2.24, 2.45) is 22.4 Å². The van der Waals surface area contributed by atoms with Gasteiger partial charge in [0.2, 0.25) is 7.37 Å². The van der Waals surface area contributed by atoms with Gasteiger partial charge in [-0.2, -0.15) is 0 Å². The lowest BCUT2D eigenvalue weighted by Crippen LogP contribution is -2.27. The summed E-state index contributed by atoms with van der Waals surface area (Å²) in [4.78, 5) is 12.9. The molecule has 0 radical (unpaired) electrons. The molecule has 0 rings (SSSR count). The largest absolute Gasteiger partial charge is 0.370 e. The average Bonchev–Trinajstić information content (AvgIpc) is 1.79. The molecule has 0 saturated heterocycles. The molecule has 5 N–H and O–H groups in total. The summed E-state index contributed by atoms with van der Waals surface area (Å²) < 4.78 is 11.2. The van der Waals surface area contributed by atoms with E-state index in [1.165, 1.54) is 6.66 Å². The maximum Gasteiger partial charge on any atom is 0.221 e. The molecule has 2 unspecified atom stereocenters. The molecule has 5 nitrogen and oxygen atoms in total. The quantitative estimate of drug-likeness (QED) is 0.337. The van der Waals surface area contributed by atoms with Crippen molar-refractivity contribution >= 4 is 13.3 Å². The number of nitrogens with two attached hydrogens (primary N) is 2. The van der Waals surface area contributed by atoms with Gasteiger partial charge in [0.1, 0.15) is 5.78 Å². The summed E-state index contributed by atoms with van der Waals surface area (Å²) in [6, 6.07) is 0. The van der Waals surface area contributed by atoms with Crippen LogP contribution in [0.2, 0.25) is 0 Å². The summed E-state index contributed by atoms with van der Waals surface area (Å²) in [7, 11) is -3.23. The Labute approximate surface area is 72.3 Å². The van der Waals surface area contributed by atoms with Crippen LogP contribution in [0.5, 0.6) is 0 Å². The van der Waals surface area contributed by atoms with Crippen molar-refractivity contribution < 1.29 is 9.46 Å². The molecule has 6 heteroatoms. The van der Waals surface area contributed by atoms with Crippen molar-refractivity contribution in [2.75, 3.05) is 6.66 Å². The normalized spacial score (nSPS) is 18.4. The Hall–Kier alpha value is -0.540. The molecule has 12 heavy (non-hydrogen) atoms. The summed E-state index contributed by atoms with van der Waals surface area (Å²) in [5.41, 5.74) is 10.2. The first-order valence-corrected chi connectivity index (χ1v) is 5.81. The smallest absolute Gasteiger partial charge is 0.221 e. The van der Waals surface area contributed by atoms with E-state index in [1.54, 1.807) is 13.8 Å². The van der Waals surface area contributed by atoms with Gasteiger partial charge in [-0.1, -0.05) is 13.8 Å². The van der Waals surface area contributed by atoms with Crippen molar-refractivity contribution in [3.63, 3.8) is 0 Å². The Bertz CT molecular complexity index is 217. The Kier molecular flexibility index (Phi) is 3.74. The van der Waals surface area contributed by atoms with Gasteiger partial charge in [-0.3, -0.25) is 4.57 Å². The van der Waals surface area contributed by atoms with Gasteiger partial charge < -0.3 is 16.4 Å². The van der Waals surface area contributed by atoms with E-state index in [1.807, 2.05) is 0 Å². The summed E-state index contributed by atoms with van der Waals surface area (Å²) in [5.74, 6) is -0.889. The molecule has 0 aliphatic rings. The zero-order chi connectivity index (χ0) is 9.94. The van der Waals surface area contributed by atoms with Crippen LogP contribution in [0.25, 0.3) is 0 Å². The third-order valence-corrected chi connectivity index (χ3v) is 3.06. The van der Waals surface area contributed by atoms with Crippen molar-refractivity contribution in [2.45, 2.75) is 19.6 Å². The Morgan fingerprint density at radius 1 is 1.50 bits per heavy atom. The van der Waals surface area contributed by atoms with Gasteiger partial charge in [0.25, 0.3) is 0 Å². The molecule has 0 aliphatic carbocycles. The van der Waals surface area contributed by atoms with Crippen molar-refractivity contribution in [3.05, 3.63) is 0 Å². The van der Waals surface area contributed by atoms with Crippen LogP contribution in [0, 0.1) is 5.92 Å². The van der Waals surface area contributed by atoms with Crippen LogP contribution >= 0.6 is 7.37 Å². The molecule has 0 aliphatic heterocycles.